The fraction of sp³-hybridized carbons (Fsp3) is 0.160. The summed E-state index contributed by atoms with van der Waals surface area (Å²) in [5, 5.41) is 3.91. The van der Waals surface area contributed by atoms with Gasteiger partial charge in [0.1, 0.15) is 0 Å². The number of hydrogen-bond donors (Lipinski definition) is 1. The van der Waals surface area contributed by atoms with Gasteiger partial charge < -0.3 is 14.8 Å². The zero-order valence-corrected chi connectivity index (χ0v) is 18.7. The van der Waals surface area contributed by atoms with Gasteiger partial charge in [0, 0.05) is 5.69 Å². The number of hydrogen-bond acceptors (Lipinski definition) is 6. The Balaban J connectivity index is 1.43. The first kappa shape index (κ1) is 21.1. The Kier molecular flexibility index (Phi) is 5.75. The summed E-state index contributed by atoms with van der Waals surface area (Å²) in [5.74, 6) is 1.30. The van der Waals surface area contributed by atoms with Crippen LogP contribution in [0.15, 0.2) is 76.7 Å². The number of carbonyl (C=O) groups excluding carboxylic acids is 1. The van der Waals surface area contributed by atoms with Gasteiger partial charge in [0.25, 0.3) is 5.56 Å². The second-order valence-corrected chi connectivity index (χ2v) is 8.64. The molecule has 0 saturated heterocycles. The molecule has 1 aliphatic rings. The van der Waals surface area contributed by atoms with Crippen molar-refractivity contribution in [2.75, 3.05) is 17.9 Å². The molecule has 0 radical (unpaired) electrons. The summed E-state index contributed by atoms with van der Waals surface area (Å²) in [6.07, 6.45) is 0. The number of thioether (sulfide) groups is 1. The monoisotopic (exact) mass is 459 g/mol. The van der Waals surface area contributed by atoms with E-state index in [0.717, 1.165) is 16.8 Å². The average molecular weight is 460 g/mol. The number of nitrogens with one attached hydrogen (secondary N) is 1. The number of aryl methyl sites for hydroxylation is 1. The van der Waals surface area contributed by atoms with E-state index in [0.29, 0.717) is 34.1 Å². The highest BCUT2D eigenvalue weighted by molar-refractivity contribution is 7.99. The molecule has 0 fully saturated rings. The lowest BCUT2D eigenvalue weighted by Crippen LogP contribution is -2.25. The molecule has 166 valence electrons. The second-order valence-electron chi connectivity index (χ2n) is 7.70. The van der Waals surface area contributed by atoms with Gasteiger partial charge in [-0.2, -0.15) is 0 Å². The van der Waals surface area contributed by atoms with Crippen molar-refractivity contribution < 1.29 is 14.3 Å². The van der Waals surface area contributed by atoms with Gasteiger partial charge >= 0.3 is 0 Å². The number of para-hydroxylation sites is 1. The van der Waals surface area contributed by atoms with Crippen LogP contribution in [0.5, 0.6) is 11.5 Å². The highest BCUT2D eigenvalue weighted by Crippen LogP contribution is 2.33. The van der Waals surface area contributed by atoms with Crippen LogP contribution in [0.2, 0.25) is 0 Å². The Hall–Kier alpha value is -3.78. The van der Waals surface area contributed by atoms with E-state index in [1.807, 2.05) is 61.5 Å². The molecule has 7 nitrogen and oxygen atoms in total. The molecule has 0 unspecified atom stereocenters. The Morgan fingerprint density at radius 1 is 1.06 bits per heavy atom. The summed E-state index contributed by atoms with van der Waals surface area (Å²) in [6.45, 7) is 2.46. The van der Waals surface area contributed by atoms with Gasteiger partial charge in [0.2, 0.25) is 12.7 Å². The van der Waals surface area contributed by atoms with E-state index in [9.17, 15) is 9.59 Å². The number of carbonyl (C=O) groups is 1. The van der Waals surface area contributed by atoms with Crippen molar-refractivity contribution in [1.82, 2.24) is 9.55 Å². The molecule has 1 aliphatic heterocycles. The molecule has 8 heteroatoms. The van der Waals surface area contributed by atoms with E-state index in [1.54, 1.807) is 16.7 Å². The molecular weight excluding hydrogens is 438 g/mol. The van der Waals surface area contributed by atoms with Crippen LogP contribution in [-0.4, -0.2) is 28.0 Å². The molecule has 33 heavy (non-hydrogen) atoms. The third kappa shape index (κ3) is 4.56. The molecule has 1 aromatic heterocycles. The van der Waals surface area contributed by atoms with Gasteiger partial charge in [-0.05, 0) is 54.4 Å². The Bertz CT molecular complexity index is 1420. The predicted molar refractivity (Wildman–Crippen MR) is 128 cm³/mol. The molecule has 0 aliphatic carbocycles. The van der Waals surface area contributed by atoms with Crippen LogP contribution >= 0.6 is 11.8 Å². The third-order valence-corrected chi connectivity index (χ3v) is 6.21. The quantitative estimate of drug-likeness (QED) is 0.344. The molecule has 0 saturated carbocycles. The summed E-state index contributed by atoms with van der Waals surface area (Å²) in [7, 11) is 0. The summed E-state index contributed by atoms with van der Waals surface area (Å²) < 4.78 is 12.4. The number of benzene rings is 3. The average Bonchev–Trinajstić information content (AvgIpc) is 3.28. The standard InChI is InChI=1S/C25H21N3O4S/c1-16-5-4-6-18(11-16)26-23(29)14-33-25-27-20-8-3-2-7-19(20)24(30)28(25)13-17-9-10-21-22(12-17)32-15-31-21/h2-12H,13-15H2,1H3,(H,26,29). The minimum absolute atomic E-state index is 0.125. The SMILES string of the molecule is Cc1cccc(NC(=O)CSc2nc3ccccc3c(=O)n2Cc2ccc3c(c2)OCO3)c1. The van der Waals surface area contributed by atoms with Crippen LogP contribution in [-0.2, 0) is 11.3 Å². The fourth-order valence-corrected chi connectivity index (χ4v) is 4.47. The Labute approximate surface area is 194 Å². The third-order valence-electron chi connectivity index (χ3n) is 5.24. The smallest absolute Gasteiger partial charge is 0.262 e. The minimum atomic E-state index is -0.164. The van der Waals surface area contributed by atoms with Crippen LogP contribution in [0.1, 0.15) is 11.1 Å². The topological polar surface area (TPSA) is 82.5 Å². The van der Waals surface area contributed by atoms with Gasteiger partial charge in [0.05, 0.1) is 23.2 Å². The Morgan fingerprint density at radius 3 is 2.79 bits per heavy atom. The predicted octanol–water partition coefficient (Wildman–Crippen LogP) is 4.21. The van der Waals surface area contributed by atoms with Gasteiger partial charge in [0.15, 0.2) is 16.7 Å². The van der Waals surface area contributed by atoms with E-state index in [2.05, 4.69) is 10.3 Å². The molecule has 2 heterocycles. The van der Waals surface area contributed by atoms with Crippen molar-refractivity contribution in [2.45, 2.75) is 18.6 Å². The number of fused-ring (bicyclic) bond motifs is 2. The maximum atomic E-state index is 13.3. The summed E-state index contributed by atoms with van der Waals surface area (Å²) in [4.78, 5) is 30.6. The number of ether oxygens (including phenoxy) is 2. The second kappa shape index (κ2) is 8.99. The highest BCUT2D eigenvalue weighted by atomic mass is 32.2. The van der Waals surface area contributed by atoms with Crippen molar-refractivity contribution in [1.29, 1.82) is 0 Å². The van der Waals surface area contributed by atoms with Gasteiger partial charge in [-0.15, -0.1) is 0 Å². The number of rotatable bonds is 6. The van der Waals surface area contributed by atoms with Crippen LogP contribution < -0.4 is 20.3 Å². The molecular formula is C25H21N3O4S. The van der Waals surface area contributed by atoms with Crippen LogP contribution in [0, 0.1) is 6.92 Å². The maximum Gasteiger partial charge on any atom is 0.262 e. The molecule has 3 aromatic carbocycles. The summed E-state index contributed by atoms with van der Waals surface area (Å²) >= 11 is 1.24. The summed E-state index contributed by atoms with van der Waals surface area (Å²) in [6, 6.07) is 20.4. The number of nitrogens with zero attached hydrogens (tertiary/aromatic N) is 2. The fourth-order valence-electron chi connectivity index (χ4n) is 3.67. The number of amides is 1. The minimum Gasteiger partial charge on any atom is -0.454 e. The molecule has 1 N–H and O–H groups in total. The first-order chi connectivity index (χ1) is 16.1. The van der Waals surface area contributed by atoms with Gasteiger partial charge in [-0.25, -0.2) is 4.98 Å². The van der Waals surface area contributed by atoms with E-state index in [-0.39, 0.29) is 24.0 Å². The zero-order chi connectivity index (χ0) is 22.8. The van der Waals surface area contributed by atoms with E-state index < -0.39 is 0 Å². The van der Waals surface area contributed by atoms with Crippen LogP contribution in [0.3, 0.4) is 0 Å². The molecule has 5 rings (SSSR count). The van der Waals surface area contributed by atoms with Crippen molar-refractivity contribution >= 4 is 34.3 Å². The van der Waals surface area contributed by atoms with Gasteiger partial charge in [-0.1, -0.05) is 42.1 Å². The normalized spacial score (nSPS) is 12.2. The van der Waals surface area contributed by atoms with E-state index >= 15 is 0 Å². The lowest BCUT2D eigenvalue weighted by Gasteiger charge is -2.14. The van der Waals surface area contributed by atoms with E-state index in [1.165, 1.54) is 11.8 Å². The first-order valence-corrected chi connectivity index (χ1v) is 11.4. The molecule has 0 spiro atoms. The van der Waals surface area contributed by atoms with Crippen LogP contribution in [0.4, 0.5) is 5.69 Å². The highest BCUT2D eigenvalue weighted by Gasteiger charge is 2.17. The summed E-state index contributed by atoms with van der Waals surface area (Å²) in [5.41, 5.74) is 3.13. The maximum absolute atomic E-state index is 13.3. The van der Waals surface area contributed by atoms with Crippen molar-refractivity contribution in [3.8, 4) is 11.5 Å². The molecule has 0 atom stereocenters. The number of aromatic nitrogens is 2. The van der Waals surface area contributed by atoms with Crippen molar-refractivity contribution in [3.05, 3.63) is 88.2 Å². The van der Waals surface area contributed by atoms with Gasteiger partial charge in [-0.3, -0.25) is 14.2 Å². The molecule has 0 bridgehead atoms. The largest absolute Gasteiger partial charge is 0.454 e. The molecule has 4 aromatic rings. The number of anilines is 1. The Morgan fingerprint density at radius 2 is 1.91 bits per heavy atom. The zero-order valence-electron chi connectivity index (χ0n) is 17.9. The first-order valence-electron chi connectivity index (χ1n) is 10.4. The lowest BCUT2D eigenvalue weighted by atomic mass is 10.2. The van der Waals surface area contributed by atoms with Crippen molar-refractivity contribution in [3.63, 3.8) is 0 Å². The van der Waals surface area contributed by atoms with Crippen molar-refractivity contribution in [2.24, 2.45) is 0 Å². The lowest BCUT2D eigenvalue weighted by molar-refractivity contribution is -0.113. The van der Waals surface area contributed by atoms with Crippen LogP contribution in [0.25, 0.3) is 10.9 Å². The van der Waals surface area contributed by atoms with E-state index in [4.69, 9.17) is 9.47 Å². The molecule has 1 amide bonds.